The molecule has 0 aliphatic rings. The van der Waals surface area contributed by atoms with E-state index in [4.69, 9.17) is 11.6 Å². The fourth-order valence-electron chi connectivity index (χ4n) is 2.82. The van der Waals surface area contributed by atoms with Crippen LogP contribution in [0.25, 0.3) is 11.5 Å². The minimum atomic E-state index is -4.62. The van der Waals surface area contributed by atoms with Crippen LogP contribution < -0.4 is 5.32 Å². The highest BCUT2D eigenvalue weighted by Crippen LogP contribution is 2.36. The minimum absolute atomic E-state index is 0.00613. The number of carbonyl (C=O) groups is 1. The van der Waals surface area contributed by atoms with Crippen LogP contribution in [0.15, 0.2) is 72.3 Å². The van der Waals surface area contributed by atoms with Gasteiger partial charge in [0.25, 0.3) is 0 Å². The van der Waals surface area contributed by atoms with E-state index in [2.05, 4.69) is 20.5 Å². The normalized spacial score (nSPS) is 11.5. The van der Waals surface area contributed by atoms with Gasteiger partial charge >= 0.3 is 6.18 Å². The molecule has 1 aromatic carbocycles. The van der Waals surface area contributed by atoms with Gasteiger partial charge in [0, 0.05) is 24.3 Å². The van der Waals surface area contributed by atoms with Crippen molar-refractivity contribution in [3.8, 4) is 11.5 Å². The standard InChI is InChI=1S/C20H14ClF3N6OS/c21-15-7-6-13(11-14(15)20(22,23)24)26-17(31)12-32-19-28-27-18(16-5-1-2-8-25-16)30(19)29-9-3-4-10-29/h1-11H,12H2,(H,26,31). The third-order valence-corrected chi connectivity index (χ3v) is 5.46. The summed E-state index contributed by atoms with van der Waals surface area (Å²) in [6.45, 7) is 0. The average molecular weight is 479 g/mol. The second-order valence-corrected chi connectivity index (χ2v) is 7.77. The predicted octanol–water partition coefficient (Wildman–Crippen LogP) is 4.86. The topological polar surface area (TPSA) is 77.6 Å². The first-order chi connectivity index (χ1) is 15.3. The Morgan fingerprint density at radius 1 is 1.09 bits per heavy atom. The zero-order valence-corrected chi connectivity index (χ0v) is 17.7. The summed E-state index contributed by atoms with van der Waals surface area (Å²) in [5.41, 5.74) is -0.434. The van der Waals surface area contributed by atoms with Crippen molar-refractivity contribution >= 4 is 35.0 Å². The molecule has 3 heterocycles. The molecule has 0 saturated heterocycles. The molecule has 0 radical (unpaired) electrons. The van der Waals surface area contributed by atoms with Crippen molar-refractivity contribution in [1.29, 1.82) is 0 Å². The second kappa shape index (κ2) is 9.05. The van der Waals surface area contributed by atoms with Crippen molar-refractivity contribution in [3.63, 3.8) is 0 Å². The largest absolute Gasteiger partial charge is 0.417 e. The van der Waals surface area contributed by atoms with E-state index >= 15 is 0 Å². The van der Waals surface area contributed by atoms with Crippen LogP contribution in [0.3, 0.4) is 0 Å². The van der Waals surface area contributed by atoms with E-state index in [-0.39, 0.29) is 11.4 Å². The molecule has 4 rings (SSSR count). The fourth-order valence-corrected chi connectivity index (χ4v) is 3.78. The molecular weight excluding hydrogens is 465 g/mol. The van der Waals surface area contributed by atoms with Gasteiger partial charge in [-0.1, -0.05) is 29.4 Å². The van der Waals surface area contributed by atoms with Crippen molar-refractivity contribution in [3.05, 3.63) is 77.7 Å². The maximum atomic E-state index is 13.0. The second-order valence-electron chi connectivity index (χ2n) is 6.43. The number of nitrogens with one attached hydrogen (secondary N) is 1. The number of alkyl halides is 3. The molecule has 0 spiro atoms. The van der Waals surface area contributed by atoms with Gasteiger partial charge in [0.1, 0.15) is 5.69 Å². The fraction of sp³-hybridized carbons (Fsp3) is 0.100. The number of nitrogens with zero attached hydrogens (tertiary/aromatic N) is 5. The third-order valence-electron chi connectivity index (χ3n) is 4.21. The Hall–Kier alpha value is -3.31. The Labute approximate surface area is 189 Å². The minimum Gasteiger partial charge on any atom is -0.325 e. The van der Waals surface area contributed by atoms with Gasteiger partial charge in [0.2, 0.25) is 16.9 Å². The van der Waals surface area contributed by atoms with E-state index in [1.54, 1.807) is 40.1 Å². The highest BCUT2D eigenvalue weighted by Gasteiger charge is 2.33. The molecule has 4 aromatic rings. The van der Waals surface area contributed by atoms with E-state index in [1.165, 1.54) is 6.07 Å². The first kappa shape index (κ1) is 21.9. The number of aromatic nitrogens is 5. The van der Waals surface area contributed by atoms with Crippen LogP contribution in [0, 0.1) is 0 Å². The number of carbonyl (C=O) groups excluding carboxylic acids is 1. The molecule has 3 aromatic heterocycles. The summed E-state index contributed by atoms with van der Waals surface area (Å²) in [6.07, 6.45) is 0.575. The maximum Gasteiger partial charge on any atom is 0.417 e. The molecule has 0 fully saturated rings. The van der Waals surface area contributed by atoms with E-state index in [0.717, 1.165) is 23.9 Å². The Morgan fingerprint density at radius 2 is 1.88 bits per heavy atom. The lowest BCUT2D eigenvalue weighted by Gasteiger charge is -2.12. The summed E-state index contributed by atoms with van der Waals surface area (Å²) in [5.74, 6) is -0.143. The SMILES string of the molecule is O=C(CSc1nnc(-c2ccccn2)n1-n1cccc1)Nc1ccc(Cl)c(C(F)(F)F)c1. The zero-order chi connectivity index (χ0) is 22.7. The van der Waals surface area contributed by atoms with E-state index in [1.807, 2.05) is 18.2 Å². The molecule has 0 aliphatic heterocycles. The molecule has 0 saturated carbocycles. The molecule has 7 nitrogen and oxygen atoms in total. The highest BCUT2D eigenvalue weighted by atomic mass is 35.5. The molecule has 12 heteroatoms. The Kier molecular flexibility index (Phi) is 6.19. The summed E-state index contributed by atoms with van der Waals surface area (Å²) in [4.78, 5) is 16.7. The van der Waals surface area contributed by atoms with Crippen LogP contribution in [0.5, 0.6) is 0 Å². The van der Waals surface area contributed by atoms with Gasteiger partial charge in [-0.2, -0.15) is 13.2 Å². The lowest BCUT2D eigenvalue weighted by Crippen LogP contribution is -2.16. The summed E-state index contributed by atoms with van der Waals surface area (Å²) < 4.78 is 42.5. The number of anilines is 1. The number of pyridine rings is 1. The van der Waals surface area contributed by atoms with Gasteiger partial charge in [-0.3, -0.25) is 14.5 Å². The van der Waals surface area contributed by atoms with E-state index < -0.39 is 22.7 Å². The van der Waals surface area contributed by atoms with Crippen LogP contribution in [-0.4, -0.2) is 36.2 Å². The van der Waals surface area contributed by atoms with Crippen molar-refractivity contribution in [2.75, 3.05) is 11.1 Å². The molecule has 164 valence electrons. The first-order valence-corrected chi connectivity index (χ1v) is 10.5. The number of amides is 1. The van der Waals surface area contributed by atoms with Gasteiger partial charge in [-0.05, 0) is 42.5 Å². The molecule has 1 amide bonds. The van der Waals surface area contributed by atoms with E-state index in [0.29, 0.717) is 16.7 Å². The van der Waals surface area contributed by atoms with Crippen LogP contribution >= 0.6 is 23.4 Å². The number of hydrogen-bond acceptors (Lipinski definition) is 5. The van der Waals surface area contributed by atoms with Crippen molar-refractivity contribution in [1.82, 2.24) is 24.5 Å². The summed E-state index contributed by atoms with van der Waals surface area (Å²) in [6, 6.07) is 12.2. The molecular formula is C20H14ClF3N6OS. The lowest BCUT2D eigenvalue weighted by molar-refractivity contribution is -0.137. The summed E-state index contributed by atoms with van der Waals surface area (Å²) in [5, 5.41) is 10.8. The molecule has 1 N–H and O–H groups in total. The number of thioether (sulfide) groups is 1. The molecule has 0 bridgehead atoms. The summed E-state index contributed by atoms with van der Waals surface area (Å²) >= 11 is 6.70. The number of benzene rings is 1. The third kappa shape index (κ3) is 4.78. The van der Waals surface area contributed by atoms with Gasteiger partial charge < -0.3 is 5.32 Å². The van der Waals surface area contributed by atoms with Crippen molar-refractivity contribution < 1.29 is 18.0 Å². The maximum absolute atomic E-state index is 13.0. The number of rotatable bonds is 6. The Balaban J connectivity index is 1.52. The van der Waals surface area contributed by atoms with Crippen LogP contribution in [0.2, 0.25) is 5.02 Å². The van der Waals surface area contributed by atoms with Gasteiger partial charge in [0.15, 0.2) is 0 Å². The zero-order valence-electron chi connectivity index (χ0n) is 16.1. The average Bonchev–Trinajstić information content (AvgIpc) is 3.43. The smallest absolute Gasteiger partial charge is 0.325 e. The lowest BCUT2D eigenvalue weighted by atomic mass is 10.2. The Morgan fingerprint density at radius 3 is 2.56 bits per heavy atom. The van der Waals surface area contributed by atoms with Crippen LogP contribution in [0.1, 0.15) is 5.56 Å². The van der Waals surface area contributed by atoms with Crippen molar-refractivity contribution in [2.24, 2.45) is 0 Å². The van der Waals surface area contributed by atoms with E-state index in [9.17, 15) is 18.0 Å². The predicted molar refractivity (Wildman–Crippen MR) is 114 cm³/mol. The molecule has 0 atom stereocenters. The first-order valence-electron chi connectivity index (χ1n) is 9.13. The molecule has 0 unspecified atom stereocenters. The Bertz CT molecular complexity index is 1230. The highest BCUT2D eigenvalue weighted by molar-refractivity contribution is 7.99. The van der Waals surface area contributed by atoms with Gasteiger partial charge in [-0.15, -0.1) is 10.2 Å². The molecule has 32 heavy (non-hydrogen) atoms. The van der Waals surface area contributed by atoms with Crippen molar-refractivity contribution in [2.45, 2.75) is 11.3 Å². The van der Waals surface area contributed by atoms with Gasteiger partial charge in [-0.25, -0.2) is 4.68 Å². The van der Waals surface area contributed by atoms with Crippen LogP contribution in [0.4, 0.5) is 18.9 Å². The molecule has 0 aliphatic carbocycles. The number of hydrogen-bond donors (Lipinski definition) is 1. The number of halogens is 4. The monoisotopic (exact) mass is 478 g/mol. The quantitative estimate of drug-likeness (QED) is 0.401. The van der Waals surface area contributed by atoms with Crippen LogP contribution in [-0.2, 0) is 11.0 Å². The summed E-state index contributed by atoms with van der Waals surface area (Å²) in [7, 11) is 0. The van der Waals surface area contributed by atoms with Gasteiger partial charge in [0.05, 0.1) is 16.3 Å².